The molecule has 32 heavy (non-hydrogen) atoms. The Labute approximate surface area is 191 Å². The summed E-state index contributed by atoms with van der Waals surface area (Å²) in [5.74, 6) is -0.113. The van der Waals surface area contributed by atoms with Gasteiger partial charge in [-0.15, -0.1) is 11.8 Å². The van der Waals surface area contributed by atoms with Gasteiger partial charge in [0, 0.05) is 25.5 Å². The third-order valence-electron chi connectivity index (χ3n) is 4.70. The molecule has 2 heterocycles. The maximum atomic E-state index is 12.7. The number of aromatic nitrogens is 1. The lowest BCUT2D eigenvalue weighted by atomic mass is 10.1. The predicted octanol–water partition coefficient (Wildman–Crippen LogP) is 1.38. The molecule has 0 atom stereocenters. The quantitative estimate of drug-likeness (QED) is 0.612. The molecule has 1 aliphatic rings. The summed E-state index contributed by atoms with van der Waals surface area (Å²) >= 11 is 1.17. The van der Waals surface area contributed by atoms with Crippen molar-refractivity contribution in [3.8, 4) is 0 Å². The molecule has 0 aliphatic carbocycles. The van der Waals surface area contributed by atoms with Gasteiger partial charge in [-0.2, -0.15) is 0 Å². The van der Waals surface area contributed by atoms with E-state index in [-0.39, 0.29) is 40.5 Å². The summed E-state index contributed by atoms with van der Waals surface area (Å²) < 4.78 is 23.1. The zero-order chi connectivity index (χ0) is 23.1. The fraction of sp³-hybridized carbons (Fsp3) is 0.333. The fourth-order valence-corrected chi connectivity index (χ4v) is 4.49. The van der Waals surface area contributed by atoms with Crippen molar-refractivity contribution < 1.29 is 22.8 Å². The van der Waals surface area contributed by atoms with Gasteiger partial charge in [0.1, 0.15) is 5.82 Å². The number of amides is 3. The number of nitrogens with one attached hydrogen (secondary N) is 1. The minimum atomic E-state index is -3.30. The molecule has 0 bridgehead atoms. The number of carbonyl (C=O) groups is 3. The molecule has 1 aliphatic heterocycles. The first-order valence-electron chi connectivity index (χ1n) is 9.92. The summed E-state index contributed by atoms with van der Waals surface area (Å²) in [6, 6.07) is 11.3. The smallest absolute Gasteiger partial charge is 0.251 e. The molecule has 1 saturated heterocycles. The Bertz CT molecular complexity index is 1080. The second-order valence-electron chi connectivity index (χ2n) is 7.24. The summed E-state index contributed by atoms with van der Waals surface area (Å²) in [6.07, 6.45) is 3.44. The molecule has 2 aromatic rings. The molecular weight excluding hydrogens is 452 g/mol. The molecule has 0 unspecified atom stereocenters. The Morgan fingerprint density at radius 1 is 1.00 bits per heavy atom. The second kappa shape index (κ2) is 10.6. The maximum Gasteiger partial charge on any atom is 0.251 e. The van der Waals surface area contributed by atoms with Gasteiger partial charge in [-0.3, -0.25) is 24.4 Å². The zero-order valence-electron chi connectivity index (χ0n) is 17.6. The van der Waals surface area contributed by atoms with Crippen molar-refractivity contribution in [3.05, 3.63) is 54.2 Å². The first-order chi connectivity index (χ1) is 15.2. The van der Waals surface area contributed by atoms with Crippen LogP contribution in [-0.2, 0) is 30.6 Å². The number of thioether (sulfide) groups is 1. The SMILES string of the molecule is CS(=O)(=O)c1ccc(CC(=O)N2CCCN2C(=O)CSCC(=O)Nc2ccccn2)cc1. The van der Waals surface area contributed by atoms with Gasteiger partial charge in [-0.1, -0.05) is 18.2 Å². The molecule has 11 heteroatoms. The molecule has 3 rings (SSSR count). The van der Waals surface area contributed by atoms with Crippen molar-refractivity contribution in [1.29, 1.82) is 0 Å². The summed E-state index contributed by atoms with van der Waals surface area (Å²) in [7, 11) is -3.30. The molecule has 170 valence electrons. The van der Waals surface area contributed by atoms with Crippen LogP contribution >= 0.6 is 11.8 Å². The van der Waals surface area contributed by atoms with Gasteiger partial charge in [0.15, 0.2) is 9.84 Å². The topological polar surface area (TPSA) is 117 Å². The van der Waals surface area contributed by atoms with E-state index in [1.807, 2.05) is 0 Å². The second-order valence-corrected chi connectivity index (χ2v) is 10.2. The van der Waals surface area contributed by atoms with Crippen LogP contribution in [0.25, 0.3) is 0 Å². The lowest BCUT2D eigenvalue weighted by molar-refractivity contribution is -0.155. The average Bonchev–Trinajstić information content (AvgIpc) is 3.24. The minimum absolute atomic E-state index is 0.0629. The maximum absolute atomic E-state index is 12.7. The van der Waals surface area contributed by atoms with Crippen LogP contribution in [0.5, 0.6) is 0 Å². The van der Waals surface area contributed by atoms with E-state index >= 15 is 0 Å². The van der Waals surface area contributed by atoms with Crippen molar-refractivity contribution in [2.45, 2.75) is 17.7 Å². The van der Waals surface area contributed by atoms with Crippen LogP contribution in [0.3, 0.4) is 0 Å². The predicted molar refractivity (Wildman–Crippen MR) is 121 cm³/mol. The largest absolute Gasteiger partial charge is 0.310 e. The van der Waals surface area contributed by atoms with Crippen LogP contribution in [0.4, 0.5) is 5.82 Å². The van der Waals surface area contributed by atoms with E-state index in [9.17, 15) is 22.8 Å². The Balaban J connectivity index is 1.49. The standard InChI is InChI=1S/C21H24N4O5S2/c1-32(29,30)17-8-6-16(7-9-17)13-20(27)24-11-4-12-25(24)21(28)15-31-14-19(26)23-18-5-2-3-10-22-18/h2-3,5-10H,4,11-15H2,1H3,(H,22,23,26). The highest BCUT2D eigenvalue weighted by atomic mass is 32.2. The molecule has 0 spiro atoms. The summed E-state index contributed by atoms with van der Waals surface area (Å²) in [5.41, 5.74) is 0.669. The summed E-state index contributed by atoms with van der Waals surface area (Å²) in [5, 5.41) is 5.51. The number of carbonyl (C=O) groups excluding carboxylic acids is 3. The van der Waals surface area contributed by atoms with E-state index in [2.05, 4.69) is 10.3 Å². The molecule has 3 amide bonds. The first kappa shape index (κ1) is 23.7. The molecule has 1 aromatic carbocycles. The zero-order valence-corrected chi connectivity index (χ0v) is 19.2. The molecule has 1 N–H and O–H groups in total. The fourth-order valence-electron chi connectivity index (χ4n) is 3.17. The minimum Gasteiger partial charge on any atom is -0.310 e. The number of hydrogen-bond donors (Lipinski definition) is 1. The van der Waals surface area contributed by atoms with Gasteiger partial charge in [0.2, 0.25) is 11.8 Å². The number of nitrogens with zero attached hydrogens (tertiary/aromatic N) is 3. The number of anilines is 1. The van der Waals surface area contributed by atoms with E-state index in [1.165, 1.54) is 33.9 Å². The third-order valence-corrected chi connectivity index (χ3v) is 6.75. The van der Waals surface area contributed by atoms with Crippen LogP contribution in [0, 0.1) is 0 Å². The van der Waals surface area contributed by atoms with Gasteiger partial charge in [-0.05, 0) is 36.2 Å². The summed E-state index contributed by atoms with van der Waals surface area (Å²) in [6.45, 7) is 0.884. The Morgan fingerprint density at radius 3 is 2.31 bits per heavy atom. The number of hydrazine groups is 1. The molecular formula is C21H24N4O5S2. The number of pyridine rings is 1. The van der Waals surface area contributed by atoms with E-state index in [1.54, 1.807) is 36.5 Å². The normalized spacial score (nSPS) is 13.8. The number of hydrogen-bond acceptors (Lipinski definition) is 7. The number of sulfone groups is 1. The Morgan fingerprint density at radius 2 is 1.69 bits per heavy atom. The van der Waals surface area contributed by atoms with Crippen LogP contribution in [0.15, 0.2) is 53.6 Å². The van der Waals surface area contributed by atoms with Gasteiger partial charge in [0.25, 0.3) is 5.91 Å². The lowest BCUT2D eigenvalue weighted by Gasteiger charge is -2.28. The van der Waals surface area contributed by atoms with E-state index in [4.69, 9.17) is 0 Å². The van der Waals surface area contributed by atoms with E-state index in [0.29, 0.717) is 30.9 Å². The Hall–Kier alpha value is -2.92. The van der Waals surface area contributed by atoms with E-state index in [0.717, 1.165) is 6.26 Å². The molecule has 9 nitrogen and oxygen atoms in total. The van der Waals surface area contributed by atoms with Crippen molar-refractivity contribution in [2.75, 3.05) is 36.2 Å². The van der Waals surface area contributed by atoms with Crippen molar-refractivity contribution in [3.63, 3.8) is 0 Å². The van der Waals surface area contributed by atoms with Gasteiger partial charge >= 0.3 is 0 Å². The van der Waals surface area contributed by atoms with Crippen molar-refractivity contribution in [2.24, 2.45) is 0 Å². The Kier molecular flexibility index (Phi) is 7.86. The van der Waals surface area contributed by atoms with Crippen molar-refractivity contribution >= 4 is 45.1 Å². The highest BCUT2D eigenvalue weighted by Gasteiger charge is 2.30. The van der Waals surface area contributed by atoms with Crippen LogP contribution in [0.2, 0.25) is 0 Å². The van der Waals surface area contributed by atoms with E-state index < -0.39 is 9.84 Å². The molecule has 0 radical (unpaired) electrons. The number of benzene rings is 1. The van der Waals surface area contributed by atoms with Gasteiger partial charge in [-0.25, -0.2) is 13.4 Å². The van der Waals surface area contributed by atoms with Gasteiger partial charge in [0.05, 0.1) is 22.8 Å². The average molecular weight is 477 g/mol. The van der Waals surface area contributed by atoms with Crippen molar-refractivity contribution in [1.82, 2.24) is 15.0 Å². The molecule has 1 fully saturated rings. The van der Waals surface area contributed by atoms with Crippen LogP contribution in [0.1, 0.15) is 12.0 Å². The molecule has 0 saturated carbocycles. The van der Waals surface area contributed by atoms with Crippen LogP contribution in [-0.4, -0.2) is 72.0 Å². The lowest BCUT2D eigenvalue weighted by Crippen LogP contribution is -2.46. The highest BCUT2D eigenvalue weighted by molar-refractivity contribution is 8.00. The number of rotatable bonds is 8. The highest BCUT2D eigenvalue weighted by Crippen LogP contribution is 2.17. The van der Waals surface area contributed by atoms with Gasteiger partial charge < -0.3 is 5.32 Å². The third kappa shape index (κ3) is 6.54. The summed E-state index contributed by atoms with van der Waals surface area (Å²) in [4.78, 5) is 41.5. The monoisotopic (exact) mass is 476 g/mol. The van der Waals surface area contributed by atoms with Crippen LogP contribution < -0.4 is 5.32 Å². The first-order valence-corrected chi connectivity index (χ1v) is 13.0. The molecule has 1 aromatic heterocycles.